The first-order valence-corrected chi connectivity index (χ1v) is 7.80. The SMILES string of the molecule is C=CCN1CCCC12CCCN(Cc1ccncc1)C2. The third-order valence-electron chi connectivity index (χ3n) is 4.88. The van der Waals surface area contributed by atoms with E-state index in [4.69, 9.17) is 0 Å². The third kappa shape index (κ3) is 2.79. The van der Waals surface area contributed by atoms with Crippen LogP contribution in [-0.4, -0.2) is 46.5 Å². The highest BCUT2D eigenvalue weighted by Crippen LogP contribution is 2.37. The van der Waals surface area contributed by atoms with Gasteiger partial charge in [-0.15, -0.1) is 6.58 Å². The van der Waals surface area contributed by atoms with E-state index >= 15 is 0 Å². The van der Waals surface area contributed by atoms with Crippen LogP contribution in [0.3, 0.4) is 0 Å². The molecule has 0 radical (unpaired) electrons. The Hall–Kier alpha value is -1.19. The summed E-state index contributed by atoms with van der Waals surface area (Å²) >= 11 is 0. The molecule has 1 unspecified atom stereocenters. The van der Waals surface area contributed by atoms with E-state index in [9.17, 15) is 0 Å². The minimum atomic E-state index is 0.416. The van der Waals surface area contributed by atoms with E-state index in [0.29, 0.717) is 5.54 Å². The van der Waals surface area contributed by atoms with E-state index in [1.165, 1.54) is 50.9 Å². The highest BCUT2D eigenvalue weighted by atomic mass is 15.3. The Kier molecular flexibility index (Phi) is 4.18. The van der Waals surface area contributed by atoms with Crippen LogP contribution in [0.1, 0.15) is 31.2 Å². The highest BCUT2D eigenvalue weighted by molar-refractivity contribution is 5.11. The van der Waals surface area contributed by atoms with Crippen molar-refractivity contribution in [2.45, 2.75) is 37.8 Å². The van der Waals surface area contributed by atoms with E-state index in [1.54, 1.807) is 0 Å². The van der Waals surface area contributed by atoms with Crippen LogP contribution in [0, 0.1) is 0 Å². The summed E-state index contributed by atoms with van der Waals surface area (Å²) in [6.45, 7) is 9.72. The molecular formula is C17H25N3. The maximum Gasteiger partial charge on any atom is 0.0340 e. The first-order valence-electron chi connectivity index (χ1n) is 7.80. The molecule has 1 aromatic heterocycles. The van der Waals surface area contributed by atoms with E-state index < -0.39 is 0 Å². The van der Waals surface area contributed by atoms with Crippen LogP contribution in [0.4, 0.5) is 0 Å². The maximum absolute atomic E-state index is 4.11. The summed E-state index contributed by atoms with van der Waals surface area (Å²) in [5.74, 6) is 0. The summed E-state index contributed by atoms with van der Waals surface area (Å²) in [7, 11) is 0. The zero-order valence-electron chi connectivity index (χ0n) is 12.3. The predicted molar refractivity (Wildman–Crippen MR) is 82.5 cm³/mol. The average molecular weight is 271 g/mol. The topological polar surface area (TPSA) is 19.4 Å². The molecule has 108 valence electrons. The second-order valence-electron chi connectivity index (χ2n) is 6.23. The molecule has 3 heterocycles. The van der Waals surface area contributed by atoms with Gasteiger partial charge in [-0.1, -0.05) is 6.08 Å². The first-order chi connectivity index (χ1) is 9.82. The van der Waals surface area contributed by atoms with Crippen molar-refractivity contribution >= 4 is 0 Å². The molecule has 1 spiro atoms. The van der Waals surface area contributed by atoms with Gasteiger partial charge in [-0.25, -0.2) is 0 Å². The fourth-order valence-electron chi connectivity index (χ4n) is 3.98. The molecule has 2 aliphatic rings. The Morgan fingerprint density at radius 1 is 1.20 bits per heavy atom. The molecule has 0 amide bonds. The molecule has 3 heteroatoms. The number of hydrogen-bond donors (Lipinski definition) is 0. The van der Waals surface area contributed by atoms with E-state index in [2.05, 4.69) is 39.6 Å². The molecule has 0 saturated carbocycles. The summed E-state index contributed by atoms with van der Waals surface area (Å²) < 4.78 is 0. The quantitative estimate of drug-likeness (QED) is 0.785. The molecule has 1 aromatic rings. The van der Waals surface area contributed by atoms with Gasteiger partial charge in [-0.05, 0) is 56.5 Å². The Balaban J connectivity index is 1.68. The second kappa shape index (κ2) is 6.06. The molecule has 0 N–H and O–H groups in total. The van der Waals surface area contributed by atoms with Crippen molar-refractivity contribution in [1.82, 2.24) is 14.8 Å². The number of hydrogen-bond acceptors (Lipinski definition) is 3. The summed E-state index contributed by atoms with van der Waals surface area (Å²) in [5.41, 5.74) is 1.80. The molecule has 0 bridgehead atoms. The normalized spacial score (nSPS) is 28.0. The van der Waals surface area contributed by atoms with Crippen LogP contribution < -0.4 is 0 Å². The first kappa shape index (κ1) is 13.8. The molecule has 3 rings (SSSR count). The van der Waals surface area contributed by atoms with Gasteiger partial charge in [0.15, 0.2) is 0 Å². The van der Waals surface area contributed by atoms with Gasteiger partial charge >= 0.3 is 0 Å². The van der Waals surface area contributed by atoms with Crippen molar-refractivity contribution in [3.05, 3.63) is 42.7 Å². The lowest BCUT2D eigenvalue weighted by Crippen LogP contribution is -2.55. The maximum atomic E-state index is 4.11. The molecule has 2 fully saturated rings. The van der Waals surface area contributed by atoms with Gasteiger partial charge in [0.1, 0.15) is 0 Å². The van der Waals surface area contributed by atoms with Crippen molar-refractivity contribution in [2.24, 2.45) is 0 Å². The van der Waals surface area contributed by atoms with Crippen LogP contribution in [0.15, 0.2) is 37.2 Å². The van der Waals surface area contributed by atoms with E-state index in [-0.39, 0.29) is 0 Å². The Labute approximate surface area is 122 Å². The Morgan fingerprint density at radius 3 is 2.70 bits per heavy atom. The van der Waals surface area contributed by atoms with Crippen molar-refractivity contribution in [3.63, 3.8) is 0 Å². The number of aromatic nitrogens is 1. The Morgan fingerprint density at radius 2 is 1.95 bits per heavy atom. The van der Waals surface area contributed by atoms with Crippen molar-refractivity contribution in [3.8, 4) is 0 Å². The van der Waals surface area contributed by atoms with Gasteiger partial charge in [0.25, 0.3) is 0 Å². The molecule has 1 atom stereocenters. The van der Waals surface area contributed by atoms with Crippen molar-refractivity contribution in [1.29, 1.82) is 0 Å². The summed E-state index contributed by atoms with van der Waals surface area (Å²) in [6, 6.07) is 4.27. The van der Waals surface area contributed by atoms with Crippen LogP contribution in [0.5, 0.6) is 0 Å². The van der Waals surface area contributed by atoms with Gasteiger partial charge < -0.3 is 0 Å². The number of piperidine rings is 1. The van der Waals surface area contributed by atoms with Gasteiger partial charge in [0.05, 0.1) is 0 Å². The smallest absolute Gasteiger partial charge is 0.0340 e. The lowest BCUT2D eigenvalue weighted by molar-refractivity contribution is 0.0449. The molecule has 2 saturated heterocycles. The van der Waals surface area contributed by atoms with Gasteiger partial charge in [-0.3, -0.25) is 14.8 Å². The molecule has 2 aliphatic heterocycles. The minimum Gasteiger partial charge on any atom is -0.297 e. The predicted octanol–water partition coefficient (Wildman–Crippen LogP) is 2.70. The standard InChI is InChI=1S/C17H25N3/c1-2-11-20-13-4-8-17(20)7-3-12-19(15-17)14-16-5-9-18-10-6-16/h2,5-6,9-10H,1,3-4,7-8,11-15H2. The summed E-state index contributed by atoms with van der Waals surface area (Å²) in [4.78, 5) is 9.40. The van der Waals surface area contributed by atoms with Crippen LogP contribution in [-0.2, 0) is 6.54 Å². The number of rotatable bonds is 4. The molecular weight excluding hydrogens is 246 g/mol. The Bertz CT molecular complexity index is 445. The van der Waals surface area contributed by atoms with Crippen LogP contribution in [0.2, 0.25) is 0 Å². The largest absolute Gasteiger partial charge is 0.297 e. The lowest BCUT2D eigenvalue weighted by Gasteiger charge is -2.46. The lowest BCUT2D eigenvalue weighted by atomic mass is 9.86. The highest BCUT2D eigenvalue weighted by Gasteiger charge is 2.42. The monoisotopic (exact) mass is 271 g/mol. The van der Waals surface area contributed by atoms with Gasteiger partial charge in [0.2, 0.25) is 0 Å². The van der Waals surface area contributed by atoms with Crippen molar-refractivity contribution < 1.29 is 0 Å². The van der Waals surface area contributed by atoms with Crippen LogP contribution >= 0.6 is 0 Å². The molecule has 0 aromatic carbocycles. The number of likely N-dealkylation sites (tertiary alicyclic amines) is 2. The van der Waals surface area contributed by atoms with Gasteiger partial charge in [0, 0.05) is 37.6 Å². The van der Waals surface area contributed by atoms with Gasteiger partial charge in [-0.2, -0.15) is 0 Å². The minimum absolute atomic E-state index is 0.416. The van der Waals surface area contributed by atoms with Crippen LogP contribution in [0.25, 0.3) is 0 Å². The fraction of sp³-hybridized carbons (Fsp3) is 0.588. The van der Waals surface area contributed by atoms with E-state index in [1.807, 2.05) is 12.4 Å². The molecule has 0 aliphatic carbocycles. The fourth-order valence-corrected chi connectivity index (χ4v) is 3.98. The zero-order chi connectivity index (χ0) is 13.8. The summed E-state index contributed by atoms with van der Waals surface area (Å²) in [5, 5.41) is 0. The number of nitrogens with zero attached hydrogens (tertiary/aromatic N) is 3. The zero-order valence-corrected chi connectivity index (χ0v) is 12.3. The van der Waals surface area contributed by atoms with E-state index in [0.717, 1.165) is 13.1 Å². The van der Waals surface area contributed by atoms with Crippen molar-refractivity contribution in [2.75, 3.05) is 26.2 Å². The third-order valence-corrected chi connectivity index (χ3v) is 4.88. The average Bonchev–Trinajstić information content (AvgIpc) is 2.83. The molecule has 20 heavy (non-hydrogen) atoms. The molecule has 3 nitrogen and oxygen atoms in total. The second-order valence-corrected chi connectivity index (χ2v) is 6.23. The summed E-state index contributed by atoms with van der Waals surface area (Å²) in [6.07, 6.45) is 11.2. The number of pyridine rings is 1.